The van der Waals surface area contributed by atoms with Crippen LogP contribution in [0.2, 0.25) is 0 Å². The Kier molecular flexibility index (Phi) is 81.4. The van der Waals surface area contributed by atoms with Gasteiger partial charge in [-0.05, 0) is 136 Å². The Hall–Kier alpha value is -2.72. The quantitative estimate of drug-likeness (QED) is 0.0349. The van der Waals surface area contributed by atoms with Crippen LogP contribution < -0.4 is 10.6 Å². The van der Waals surface area contributed by atoms with Crippen LogP contribution in [-0.2, 0) is 19.2 Å². The van der Waals surface area contributed by atoms with Crippen LogP contribution in [0.3, 0.4) is 0 Å². The van der Waals surface area contributed by atoms with E-state index in [-0.39, 0.29) is 11.8 Å². The Morgan fingerprint density at radius 2 is 0.560 bits per heavy atom. The highest BCUT2D eigenvalue weighted by Crippen LogP contribution is 2.43. The molecular weight excluding hydrogens is 1230 g/mol. The Balaban J connectivity index is 0. The van der Waals surface area contributed by atoms with E-state index in [2.05, 4.69) is 101 Å². The number of carboxylic acids is 2. The zero-order chi connectivity index (χ0) is 73.5. The summed E-state index contributed by atoms with van der Waals surface area (Å²) in [6.45, 7) is 12.9. The van der Waals surface area contributed by atoms with Gasteiger partial charge in [0, 0.05) is 38.8 Å². The van der Waals surface area contributed by atoms with Crippen LogP contribution in [0.1, 0.15) is 451 Å². The summed E-state index contributed by atoms with van der Waals surface area (Å²) in [5, 5.41) is 23.7. The fourth-order valence-electron chi connectivity index (χ4n) is 14.7. The molecule has 0 fully saturated rings. The molecule has 0 saturated heterocycles. The molecule has 4 atom stereocenters. The highest BCUT2D eigenvalue weighted by atomic mass is 16.4. The lowest BCUT2D eigenvalue weighted by Crippen LogP contribution is -2.30. The molecule has 0 heterocycles. The van der Waals surface area contributed by atoms with Crippen LogP contribution >= 0.6 is 0 Å². The minimum absolute atomic E-state index is 0.237. The van der Waals surface area contributed by atoms with E-state index in [0.29, 0.717) is 37.5 Å². The van der Waals surface area contributed by atoms with Crippen LogP contribution in [-0.4, -0.2) is 98.1 Å². The maximum Gasteiger partial charge on any atom is 0.303 e. The topological polar surface area (TPSA) is 139 Å². The molecule has 0 aromatic carbocycles. The summed E-state index contributed by atoms with van der Waals surface area (Å²) >= 11 is 0. The molecule has 10 heteroatoms. The fourth-order valence-corrected chi connectivity index (χ4v) is 14.7. The zero-order valence-corrected chi connectivity index (χ0v) is 68.5. The molecular formula is C90H176N4O6. The second-order valence-electron chi connectivity index (χ2n) is 31.7. The molecule has 0 radical (unpaired) electrons. The number of carbonyl (C=O) groups excluding carboxylic acids is 2. The molecule has 0 saturated carbocycles. The van der Waals surface area contributed by atoms with Crippen molar-refractivity contribution in [3.63, 3.8) is 0 Å². The number of nitrogens with zero attached hydrogens (tertiary/aromatic N) is 2. The molecule has 0 aromatic heterocycles. The van der Waals surface area contributed by atoms with Gasteiger partial charge in [0.25, 0.3) is 0 Å². The number of nitrogens with one attached hydrogen (secondary N) is 2. The Labute approximate surface area is 624 Å². The van der Waals surface area contributed by atoms with Gasteiger partial charge in [0.15, 0.2) is 0 Å². The molecule has 1 aliphatic rings. The number of aliphatic carboxylic acids is 2. The van der Waals surface area contributed by atoms with E-state index in [1.54, 1.807) is 0 Å². The van der Waals surface area contributed by atoms with Gasteiger partial charge in [-0.15, -0.1) is 0 Å². The number of allylic oxidation sites excluding steroid dienone is 4. The Morgan fingerprint density at radius 1 is 0.310 bits per heavy atom. The van der Waals surface area contributed by atoms with Crippen LogP contribution in [0.4, 0.5) is 0 Å². The molecule has 0 spiro atoms. The van der Waals surface area contributed by atoms with Crippen molar-refractivity contribution in [3.05, 3.63) is 24.3 Å². The third-order valence-electron chi connectivity index (χ3n) is 21.2. The maximum absolute atomic E-state index is 11.7. The zero-order valence-electron chi connectivity index (χ0n) is 68.5. The van der Waals surface area contributed by atoms with E-state index in [1.165, 1.54) is 327 Å². The largest absolute Gasteiger partial charge is 0.481 e. The van der Waals surface area contributed by atoms with Crippen molar-refractivity contribution < 1.29 is 29.4 Å². The summed E-state index contributed by atoms with van der Waals surface area (Å²) in [5.41, 5.74) is 0. The lowest BCUT2D eigenvalue weighted by molar-refractivity contribution is -0.138. The van der Waals surface area contributed by atoms with Crippen molar-refractivity contribution in [3.8, 4) is 0 Å². The monoisotopic (exact) mass is 1410 g/mol. The predicted molar refractivity (Wildman–Crippen MR) is 438 cm³/mol. The van der Waals surface area contributed by atoms with Crippen LogP contribution in [0.5, 0.6) is 0 Å². The van der Waals surface area contributed by atoms with Gasteiger partial charge in [-0.3, -0.25) is 19.2 Å². The van der Waals surface area contributed by atoms with Gasteiger partial charge < -0.3 is 30.6 Å². The van der Waals surface area contributed by atoms with Crippen LogP contribution in [0.15, 0.2) is 24.3 Å². The second kappa shape index (κ2) is 81.9. The van der Waals surface area contributed by atoms with Gasteiger partial charge in [0.2, 0.25) is 11.8 Å². The average molecular weight is 1410 g/mol. The number of carbonyl (C=O) groups is 4. The summed E-state index contributed by atoms with van der Waals surface area (Å²) in [6, 6.07) is 0. The molecule has 0 bridgehead atoms. The number of carboxylic acid groups (broad SMARTS) is 2. The van der Waals surface area contributed by atoms with Gasteiger partial charge in [-0.2, -0.15) is 0 Å². The van der Waals surface area contributed by atoms with E-state index in [4.69, 9.17) is 10.2 Å². The first-order valence-corrected chi connectivity index (χ1v) is 44.4. The lowest BCUT2D eigenvalue weighted by atomic mass is 9.66. The second-order valence-corrected chi connectivity index (χ2v) is 31.7. The fraction of sp³-hybridized carbons (Fsp3) is 0.911. The normalized spacial score (nSPS) is 15.1. The van der Waals surface area contributed by atoms with Crippen LogP contribution in [0, 0.1) is 23.7 Å². The summed E-state index contributed by atoms with van der Waals surface area (Å²) in [7, 11) is 8.28. The molecule has 10 nitrogen and oxygen atoms in total. The maximum atomic E-state index is 11.7. The van der Waals surface area contributed by atoms with E-state index in [9.17, 15) is 19.2 Å². The molecule has 2 amide bonds. The Bertz CT molecular complexity index is 1690. The van der Waals surface area contributed by atoms with E-state index in [1.807, 2.05) is 0 Å². The summed E-state index contributed by atoms with van der Waals surface area (Å²) < 4.78 is 0. The number of rotatable bonds is 75. The number of hydrogen-bond acceptors (Lipinski definition) is 6. The van der Waals surface area contributed by atoms with Gasteiger partial charge in [-0.25, -0.2) is 0 Å². The minimum Gasteiger partial charge on any atom is -0.481 e. The van der Waals surface area contributed by atoms with Crippen molar-refractivity contribution in [2.45, 2.75) is 451 Å². The number of hydrogen-bond donors (Lipinski definition) is 4. The van der Waals surface area contributed by atoms with Crippen molar-refractivity contribution >= 4 is 23.8 Å². The first-order valence-electron chi connectivity index (χ1n) is 44.4. The highest BCUT2D eigenvalue weighted by Gasteiger charge is 2.34. The lowest BCUT2D eigenvalue weighted by Gasteiger charge is -2.39. The smallest absolute Gasteiger partial charge is 0.303 e. The van der Waals surface area contributed by atoms with E-state index < -0.39 is 11.9 Å². The minimum atomic E-state index is -0.676. The SMILES string of the molecule is CCCCCCC1C=CC(CCCCCCCC(=O)O)C(C=CCCCCCCCC(=O)O)C1CCCCCC.CCCCCCCCCCCCCCCCCCCCCC(=O)NCCCN(C)C.CCCCCCCCCCCCCCCCCCCCCC(=O)NCCCN(C)C. The molecule has 4 unspecified atom stereocenters. The molecule has 1 aliphatic carbocycles. The first kappa shape index (κ1) is 99.3. The van der Waals surface area contributed by atoms with Gasteiger partial charge >= 0.3 is 11.9 Å². The van der Waals surface area contributed by atoms with E-state index in [0.717, 1.165) is 109 Å². The highest BCUT2D eigenvalue weighted by molar-refractivity contribution is 5.76. The van der Waals surface area contributed by atoms with Crippen molar-refractivity contribution in [2.24, 2.45) is 23.7 Å². The van der Waals surface area contributed by atoms with Gasteiger partial charge in [0.1, 0.15) is 0 Å². The van der Waals surface area contributed by atoms with Crippen molar-refractivity contribution in [1.82, 2.24) is 20.4 Å². The standard InChI is InChI=1S/C36H64O4.2C27H56N2O/c1-3-5-7-17-23-31-29-30-32(24-18-13-12-16-22-28-36(39)40)34(33(31)25-19-8-6-4-2)26-20-14-10-9-11-15-21-27-35(37)38;2*1-4-5-6-7-8-9-10-11-12-13-14-15-16-17-18-19-20-21-22-24-27(30)28-25-23-26-29(2)3/h20,26,29-34H,3-19,21-25,27-28H2,1-2H3,(H,37,38)(H,39,40);2*4-26H2,1-3H3,(H,28,30). The summed E-state index contributed by atoms with van der Waals surface area (Å²) in [4.78, 5) is 49.3. The predicted octanol–water partition coefficient (Wildman–Crippen LogP) is 26.9. The summed E-state index contributed by atoms with van der Waals surface area (Å²) in [6.07, 6.45) is 93.9. The number of unbranched alkanes of at least 4 members (excludes halogenated alkanes) is 51. The third-order valence-corrected chi connectivity index (χ3v) is 21.2. The van der Waals surface area contributed by atoms with E-state index >= 15 is 0 Å². The summed E-state index contributed by atoms with van der Waals surface area (Å²) in [5.74, 6) is 1.88. The van der Waals surface area contributed by atoms with Gasteiger partial charge in [-0.1, -0.05) is 379 Å². The molecule has 0 aromatic rings. The first-order chi connectivity index (χ1) is 48.8. The third kappa shape index (κ3) is 77.9. The van der Waals surface area contributed by atoms with Crippen molar-refractivity contribution in [1.29, 1.82) is 0 Å². The Morgan fingerprint density at radius 3 is 0.870 bits per heavy atom. The van der Waals surface area contributed by atoms with Crippen LogP contribution in [0.25, 0.3) is 0 Å². The molecule has 1 rings (SSSR count). The van der Waals surface area contributed by atoms with Crippen molar-refractivity contribution in [2.75, 3.05) is 54.4 Å². The average Bonchev–Trinajstić information content (AvgIpc) is 0.820. The number of amides is 2. The molecule has 100 heavy (non-hydrogen) atoms. The van der Waals surface area contributed by atoms with Gasteiger partial charge in [0.05, 0.1) is 0 Å². The molecule has 0 aliphatic heterocycles. The molecule has 592 valence electrons. The molecule has 4 N–H and O–H groups in total.